The van der Waals surface area contributed by atoms with Crippen molar-refractivity contribution in [3.63, 3.8) is 0 Å². The second-order valence-corrected chi connectivity index (χ2v) is 5.46. The van der Waals surface area contributed by atoms with Crippen molar-refractivity contribution in [1.82, 2.24) is 10.3 Å². The summed E-state index contributed by atoms with van der Waals surface area (Å²) < 4.78 is 0. The Bertz CT molecular complexity index is 327. The van der Waals surface area contributed by atoms with Crippen molar-refractivity contribution in [3.05, 3.63) is 29.0 Å². The van der Waals surface area contributed by atoms with Crippen LogP contribution in [0.2, 0.25) is 5.02 Å². The fraction of sp³-hybridized carbons (Fsp3) is 0.583. The Morgan fingerprint density at radius 3 is 2.81 bits per heavy atom. The lowest BCUT2D eigenvalue weighted by atomic mass is 9.90. The molecule has 0 aliphatic carbocycles. The van der Waals surface area contributed by atoms with E-state index in [9.17, 15) is 0 Å². The van der Waals surface area contributed by atoms with Crippen LogP contribution in [0, 0.1) is 5.41 Å². The summed E-state index contributed by atoms with van der Waals surface area (Å²) in [6.07, 6.45) is 4.43. The zero-order valence-electron chi connectivity index (χ0n) is 9.76. The molecule has 0 aliphatic rings. The second kappa shape index (κ2) is 6.43. The maximum atomic E-state index is 6.01. The number of hydrogen-bond acceptors (Lipinski definition) is 2. The Labute approximate surface area is 107 Å². The predicted molar refractivity (Wildman–Crippen MR) is 70.1 cm³/mol. The SMILES string of the molecule is CC(C)(CCCl)CNCc1ccncc1Cl. The molecule has 2 nitrogen and oxygen atoms in total. The third kappa shape index (κ3) is 4.69. The maximum absolute atomic E-state index is 6.01. The number of rotatable bonds is 6. The van der Waals surface area contributed by atoms with Gasteiger partial charge in [0, 0.05) is 31.4 Å². The largest absolute Gasteiger partial charge is 0.312 e. The highest BCUT2D eigenvalue weighted by Crippen LogP contribution is 2.20. The van der Waals surface area contributed by atoms with E-state index < -0.39 is 0 Å². The van der Waals surface area contributed by atoms with Gasteiger partial charge in [0.1, 0.15) is 0 Å². The van der Waals surface area contributed by atoms with E-state index >= 15 is 0 Å². The summed E-state index contributed by atoms with van der Waals surface area (Å²) in [4.78, 5) is 3.95. The number of nitrogens with zero attached hydrogens (tertiary/aromatic N) is 1. The van der Waals surface area contributed by atoms with E-state index in [0.717, 1.165) is 25.1 Å². The topological polar surface area (TPSA) is 24.9 Å². The summed E-state index contributed by atoms with van der Waals surface area (Å²) in [5, 5.41) is 4.11. The van der Waals surface area contributed by atoms with Crippen molar-refractivity contribution < 1.29 is 0 Å². The van der Waals surface area contributed by atoms with Gasteiger partial charge >= 0.3 is 0 Å². The van der Waals surface area contributed by atoms with Crippen LogP contribution >= 0.6 is 23.2 Å². The molecule has 0 radical (unpaired) electrons. The zero-order valence-corrected chi connectivity index (χ0v) is 11.3. The average molecular weight is 261 g/mol. The van der Waals surface area contributed by atoms with Gasteiger partial charge in [-0.05, 0) is 23.5 Å². The Balaban J connectivity index is 2.39. The van der Waals surface area contributed by atoms with E-state index in [2.05, 4.69) is 24.1 Å². The molecule has 4 heteroatoms. The molecule has 0 saturated heterocycles. The Morgan fingerprint density at radius 1 is 1.44 bits per heavy atom. The molecule has 0 fully saturated rings. The fourth-order valence-corrected chi connectivity index (χ4v) is 2.12. The first-order valence-corrected chi connectivity index (χ1v) is 6.31. The molecule has 1 heterocycles. The third-order valence-corrected chi connectivity index (χ3v) is 3.08. The molecule has 1 aromatic heterocycles. The fourth-order valence-electron chi connectivity index (χ4n) is 1.43. The molecule has 1 aromatic rings. The first kappa shape index (κ1) is 13.8. The van der Waals surface area contributed by atoms with E-state index in [4.69, 9.17) is 23.2 Å². The average Bonchev–Trinajstić information content (AvgIpc) is 2.20. The highest BCUT2D eigenvalue weighted by molar-refractivity contribution is 6.31. The van der Waals surface area contributed by atoms with Gasteiger partial charge < -0.3 is 5.32 Å². The normalized spacial score (nSPS) is 11.8. The first-order valence-electron chi connectivity index (χ1n) is 5.40. The van der Waals surface area contributed by atoms with Crippen molar-refractivity contribution in [2.45, 2.75) is 26.8 Å². The van der Waals surface area contributed by atoms with Crippen LogP contribution in [0.15, 0.2) is 18.5 Å². The zero-order chi connectivity index (χ0) is 12.0. The minimum Gasteiger partial charge on any atom is -0.312 e. The predicted octanol–water partition coefficient (Wildman–Crippen LogP) is 3.48. The Morgan fingerprint density at radius 2 is 2.19 bits per heavy atom. The highest BCUT2D eigenvalue weighted by atomic mass is 35.5. The maximum Gasteiger partial charge on any atom is 0.0634 e. The van der Waals surface area contributed by atoms with Crippen LogP contribution in [0.5, 0.6) is 0 Å². The Kier molecular flexibility index (Phi) is 5.53. The number of alkyl halides is 1. The van der Waals surface area contributed by atoms with Crippen LogP contribution in [-0.4, -0.2) is 17.4 Å². The number of pyridine rings is 1. The van der Waals surface area contributed by atoms with Crippen LogP contribution in [0.4, 0.5) is 0 Å². The third-order valence-electron chi connectivity index (χ3n) is 2.55. The van der Waals surface area contributed by atoms with Gasteiger partial charge in [-0.1, -0.05) is 25.4 Å². The molecule has 0 aliphatic heterocycles. The highest BCUT2D eigenvalue weighted by Gasteiger charge is 2.16. The molecular formula is C12H18Cl2N2. The molecule has 0 bridgehead atoms. The molecule has 0 spiro atoms. The van der Waals surface area contributed by atoms with Gasteiger partial charge in [0.15, 0.2) is 0 Å². The van der Waals surface area contributed by atoms with Gasteiger partial charge in [-0.15, -0.1) is 11.6 Å². The molecule has 90 valence electrons. The van der Waals surface area contributed by atoms with Crippen molar-refractivity contribution >= 4 is 23.2 Å². The van der Waals surface area contributed by atoms with Crippen molar-refractivity contribution in [1.29, 1.82) is 0 Å². The van der Waals surface area contributed by atoms with Crippen LogP contribution in [0.1, 0.15) is 25.8 Å². The summed E-state index contributed by atoms with van der Waals surface area (Å²) in [6, 6.07) is 1.93. The second-order valence-electron chi connectivity index (χ2n) is 4.67. The molecule has 0 saturated carbocycles. The molecule has 1 rings (SSSR count). The van der Waals surface area contributed by atoms with Crippen LogP contribution in [0.25, 0.3) is 0 Å². The molecule has 0 amide bonds. The Hall–Kier alpha value is -0.310. The molecule has 0 atom stereocenters. The standard InChI is InChI=1S/C12H18Cl2N2/c1-12(2,4-5-13)9-16-7-10-3-6-15-8-11(10)14/h3,6,8,16H,4-5,7,9H2,1-2H3. The van der Waals surface area contributed by atoms with E-state index in [0.29, 0.717) is 10.9 Å². The van der Waals surface area contributed by atoms with E-state index in [1.54, 1.807) is 12.4 Å². The molecule has 16 heavy (non-hydrogen) atoms. The number of nitrogens with one attached hydrogen (secondary N) is 1. The summed E-state index contributed by atoms with van der Waals surface area (Å²) in [5.41, 5.74) is 1.31. The lowest BCUT2D eigenvalue weighted by Gasteiger charge is -2.24. The van der Waals surface area contributed by atoms with Gasteiger partial charge in [0.05, 0.1) is 5.02 Å². The van der Waals surface area contributed by atoms with Gasteiger partial charge in [-0.25, -0.2) is 0 Å². The van der Waals surface area contributed by atoms with Gasteiger partial charge in [0.2, 0.25) is 0 Å². The van der Waals surface area contributed by atoms with Crippen molar-refractivity contribution in [3.8, 4) is 0 Å². The number of hydrogen-bond donors (Lipinski definition) is 1. The number of halogens is 2. The lowest BCUT2D eigenvalue weighted by molar-refractivity contribution is 0.329. The minimum atomic E-state index is 0.223. The summed E-state index contributed by atoms with van der Waals surface area (Å²) in [5.74, 6) is 0.699. The number of aromatic nitrogens is 1. The summed E-state index contributed by atoms with van der Waals surface area (Å²) in [7, 11) is 0. The molecular weight excluding hydrogens is 243 g/mol. The van der Waals surface area contributed by atoms with E-state index in [1.807, 2.05) is 6.07 Å². The van der Waals surface area contributed by atoms with Gasteiger partial charge in [-0.2, -0.15) is 0 Å². The van der Waals surface area contributed by atoms with Crippen molar-refractivity contribution in [2.75, 3.05) is 12.4 Å². The molecule has 0 unspecified atom stereocenters. The summed E-state index contributed by atoms with van der Waals surface area (Å²) in [6.45, 7) is 6.11. The summed E-state index contributed by atoms with van der Waals surface area (Å²) >= 11 is 11.8. The molecule has 1 N–H and O–H groups in total. The van der Waals surface area contributed by atoms with Crippen molar-refractivity contribution in [2.24, 2.45) is 5.41 Å². The van der Waals surface area contributed by atoms with Gasteiger partial charge in [0.25, 0.3) is 0 Å². The first-order chi connectivity index (χ1) is 7.55. The smallest absolute Gasteiger partial charge is 0.0634 e. The minimum absolute atomic E-state index is 0.223. The van der Waals surface area contributed by atoms with Gasteiger partial charge in [-0.3, -0.25) is 4.98 Å². The quantitative estimate of drug-likeness (QED) is 0.793. The van der Waals surface area contributed by atoms with E-state index in [-0.39, 0.29) is 5.41 Å². The monoisotopic (exact) mass is 260 g/mol. The van der Waals surface area contributed by atoms with Crippen LogP contribution in [0.3, 0.4) is 0 Å². The van der Waals surface area contributed by atoms with Crippen LogP contribution in [-0.2, 0) is 6.54 Å². The molecule has 0 aromatic carbocycles. The van der Waals surface area contributed by atoms with Crippen LogP contribution < -0.4 is 5.32 Å². The van der Waals surface area contributed by atoms with E-state index in [1.165, 1.54) is 0 Å². The lowest BCUT2D eigenvalue weighted by Crippen LogP contribution is -2.29.